The van der Waals surface area contributed by atoms with Crippen LogP contribution in [0, 0.1) is 12.8 Å². The van der Waals surface area contributed by atoms with Crippen molar-refractivity contribution in [2.75, 3.05) is 13.1 Å². The molecule has 25 heavy (non-hydrogen) atoms. The van der Waals surface area contributed by atoms with Crippen LogP contribution in [0.25, 0.3) is 5.65 Å². The molecule has 1 N–H and O–H groups in total. The molecule has 0 radical (unpaired) electrons. The van der Waals surface area contributed by atoms with Gasteiger partial charge in [-0.3, -0.25) is 9.59 Å². The van der Waals surface area contributed by atoms with Crippen LogP contribution in [0.15, 0.2) is 24.5 Å². The van der Waals surface area contributed by atoms with E-state index in [1.54, 1.807) is 11.1 Å². The van der Waals surface area contributed by atoms with Crippen LogP contribution in [0.5, 0.6) is 0 Å². The minimum Gasteiger partial charge on any atom is -0.353 e. The lowest BCUT2D eigenvalue weighted by Crippen LogP contribution is -2.39. The maximum Gasteiger partial charge on any atom is 0.274 e. The number of carbonyl (C=O) groups excluding carboxylic acids is 2. The molecule has 0 unspecified atom stereocenters. The summed E-state index contributed by atoms with van der Waals surface area (Å²) in [6.45, 7) is 3.09. The topological polar surface area (TPSA) is 66.7 Å². The molecule has 132 valence electrons. The number of hydrogen-bond acceptors (Lipinski definition) is 3. The van der Waals surface area contributed by atoms with E-state index in [1.165, 1.54) is 12.8 Å². The quantitative estimate of drug-likeness (QED) is 0.931. The second kappa shape index (κ2) is 6.50. The van der Waals surface area contributed by atoms with Gasteiger partial charge in [0.1, 0.15) is 11.3 Å². The summed E-state index contributed by atoms with van der Waals surface area (Å²) in [4.78, 5) is 31.4. The molecule has 2 aliphatic rings. The molecule has 3 heterocycles. The Hall–Kier alpha value is -2.37. The lowest BCUT2D eigenvalue weighted by molar-refractivity contribution is -0.125. The number of imidazole rings is 1. The number of aryl methyl sites for hydroxylation is 1. The fraction of sp³-hybridized carbons (Fsp3) is 0.526. The van der Waals surface area contributed by atoms with Gasteiger partial charge in [0.05, 0.1) is 5.92 Å². The Kier molecular flexibility index (Phi) is 4.19. The van der Waals surface area contributed by atoms with Gasteiger partial charge in [0.25, 0.3) is 5.91 Å². The average molecular weight is 340 g/mol. The molecule has 0 aromatic carbocycles. The van der Waals surface area contributed by atoms with Crippen molar-refractivity contribution in [1.29, 1.82) is 0 Å². The van der Waals surface area contributed by atoms with E-state index in [0.29, 0.717) is 24.8 Å². The fourth-order valence-corrected chi connectivity index (χ4v) is 3.97. The van der Waals surface area contributed by atoms with E-state index in [-0.39, 0.29) is 17.7 Å². The van der Waals surface area contributed by atoms with E-state index < -0.39 is 0 Å². The minimum atomic E-state index is -0.0942. The third-order valence-electron chi connectivity index (χ3n) is 5.44. The second-order valence-corrected chi connectivity index (χ2v) is 7.27. The Bertz CT molecular complexity index is 807. The summed E-state index contributed by atoms with van der Waals surface area (Å²) >= 11 is 0. The number of fused-ring (bicyclic) bond motifs is 1. The molecule has 0 spiro atoms. The Morgan fingerprint density at radius 3 is 2.80 bits per heavy atom. The van der Waals surface area contributed by atoms with E-state index in [1.807, 2.05) is 29.7 Å². The van der Waals surface area contributed by atoms with Crippen LogP contribution >= 0.6 is 0 Å². The average Bonchev–Trinajstić information content (AvgIpc) is 3.34. The van der Waals surface area contributed by atoms with Crippen molar-refractivity contribution in [1.82, 2.24) is 19.6 Å². The lowest BCUT2D eigenvalue weighted by atomic mass is 10.1. The molecule has 1 aliphatic heterocycles. The number of amides is 2. The van der Waals surface area contributed by atoms with Gasteiger partial charge in [-0.1, -0.05) is 18.9 Å². The van der Waals surface area contributed by atoms with Gasteiger partial charge in [-0.15, -0.1) is 0 Å². The van der Waals surface area contributed by atoms with Crippen LogP contribution in [0.4, 0.5) is 0 Å². The molecule has 4 rings (SSSR count). The van der Waals surface area contributed by atoms with Gasteiger partial charge in [0.15, 0.2) is 0 Å². The fourth-order valence-electron chi connectivity index (χ4n) is 3.97. The van der Waals surface area contributed by atoms with Gasteiger partial charge >= 0.3 is 0 Å². The number of aromatic nitrogens is 2. The van der Waals surface area contributed by atoms with Gasteiger partial charge in [0, 0.05) is 31.5 Å². The summed E-state index contributed by atoms with van der Waals surface area (Å²) in [5.74, 6) is -0.0735. The zero-order valence-electron chi connectivity index (χ0n) is 14.6. The number of pyridine rings is 1. The van der Waals surface area contributed by atoms with Crippen LogP contribution in [0.2, 0.25) is 0 Å². The largest absolute Gasteiger partial charge is 0.353 e. The molecule has 1 atom stereocenters. The third kappa shape index (κ3) is 3.13. The minimum absolute atomic E-state index is 0.0840. The Morgan fingerprint density at radius 2 is 2.04 bits per heavy atom. The zero-order valence-corrected chi connectivity index (χ0v) is 14.6. The van der Waals surface area contributed by atoms with Gasteiger partial charge < -0.3 is 14.6 Å². The SMILES string of the molecule is Cc1cccn2cc(C(=O)N3CC[C@@H](C(=O)NC4CCCC4)C3)nc12. The summed E-state index contributed by atoms with van der Waals surface area (Å²) in [7, 11) is 0. The van der Waals surface area contributed by atoms with Crippen molar-refractivity contribution in [2.45, 2.75) is 45.1 Å². The predicted octanol–water partition coefficient (Wildman–Crippen LogP) is 2.16. The Morgan fingerprint density at radius 1 is 1.24 bits per heavy atom. The first-order valence-electron chi connectivity index (χ1n) is 9.16. The molecular weight excluding hydrogens is 316 g/mol. The number of likely N-dealkylation sites (tertiary alicyclic amines) is 1. The number of nitrogens with zero attached hydrogens (tertiary/aromatic N) is 3. The first-order valence-corrected chi connectivity index (χ1v) is 9.16. The van der Waals surface area contributed by atoms with E-state index in [0.717, 1.165) is 30.5 Å². The van der Waals surface area contributed by atoms with Crippen molar-refractivity contribution < 1.29 is 9.59 Å². The molecule has 0 bridgehead atoms. The maximum atomic E-state index is 12.8. The van der Waals surface area contributed by atoms with E-state index in [4.69, 9.17) is 0 Å². The van der Waals surface area contributed by atoms with Crippen molar-refractivity contribution >= 4 is 17.5 Å². The monoisotopic (exact) mass is 340 g/mol. The van der Waals surface area contributed by atoms with Crippen molar-refractivity contribution in [3.63, 3.8) is 0 Å². The highest BCUT2D eigenvalue weighted by Gasteiger charge is 2.33. The van der Waals surface area contributed by atoms with Crippen LogP contribution in [0.1, 0.15) is 48.2 Å². The number of rotatable bonds is 3. The molecule has 1 saturated carbocycles. The van der Waals surface area contributed by atoms with Crippen LogP contribution in [-0.2, 0) is 4.79 Å². The zero-order chi connectivity index (χ0) is 17.4. The molecular formula is C19H24N4O2. The summed E-state index contributed by atoms with van der Waals surface area (Å²) in [6, 6.07) is 4.26. The smallest absolute Gasteiger partial charge is 0.274 e. The normalized spacial score (nSPS) is 21.2. The summed E-state index contributed by atoms with van der Waals surface area (Å²) in [5, 5.41) is 3.15. The second-order valence-electron chi connectivity index (χ2n) is 7.27. The number of hydrogen-bond donors (Lipinski definition) is 1. The van der Waals surface area contributed by atoms with Gasteiger partial charge in [-0.25, -0.2) is 4.98 Å². The summed E-state index contributed by atoms with van der Waals surface area (Å²) in [5.41, 5.74) is 2.29. The first kappa shape index (κ1) is 16.1. The van der Waals surface area contributed by atoms with E-state index >= 15 is 0 Å². The summed E-state index contributed by atoms with van der Waals surface area (Å²) < 4.78 is 1.88. The molecule has 6 heteroatoms. The molecule has 6 nitrogen and oxygen atoms in total. The number of carbonyl (C=O) groups is 2. The molecule has 1 saturated heterocycles. The Labute approximate surface area is 147 Å². The highest BCUT2D eigenvalue weighted by Crippen LogP contribution is 2.22. The van der Waals surface area contributed by atoms with Crippen molar-refractivity contribution in [2.24, 2.45) is 5.92 Å². The molecule has 2 aromatic heterocycles. The third-order valence-corrected chi connectivity index (χ3v) is 5.44. The molecule has 2 amide bonds. The first-order chi connectivity index (χ1) is 12.1. The molecule has 2 fully saturated rings. The van der Waals surface area contributed by atoms with Gasteiger partial charge in [-0.2, -0.15) is 0 Å². The van der Waals surface area contributed by atoms with Crippen molar-refractivity contribution in [3.8, 4) is 0 Å². The van der Waals surface area contributed by atoms with E-state index in [2.05, 4.69) is 10.3 Å². The highest BCUT2D eigenvalue weighted by molar-refractivity contribution is 5.94. The summed E-state index contributed by atoms with van der Waals surface area (Å²) in [6.07, 6.45) is 8.98. The maximum absolute atomic E-state index is 12.8. The Balaban J connectivity index is 1.42. The van der Waals surface area contributed by atoms with Crippen LogP contribution in [0.3, 0.4) is 0 Å². The molecule has 2 aromatic rings. The number of nitrogens with one attached hydrogen (secondary N) is 1. The van der Waals surface area contributed by atoms with Gasteiger partial charge in [0.2, 0.25) is 5.91 Å². The molecule has 1 aliphatic carbocycles. The predicted molar refractivity (Wildman–Crippen MR) is 94.3 cm³/mol. The lowest BCUT2D eigenvalue weighted by Gasteiger charge is -2.17. The highest BCUT2D eigenvalue weighted by atomic mass is 16.2. The van der Waals surface area contributed by atoms with Crippen LogP contribution in [-0.4, -0.2) is 45.2 Å². The van der Waals surface area contributed by atoms with Gasteiger partial charge in [-0.05, 0) is 37.8 Å². The van der Waals surface area contributed by atoms with Crippen molar-refractivity contribution in [3.05, 3.63) is 35.8 Å². The standard InChI is InChI=1S/C19H24N4O2/c1-13-5-4-9-22-12-16(21-17(13)22)19(25)23-10-8-14(11-23)18(24)20-15-6-2-3-7-15/h4-5,9,12,14-15H,2-3,6-8,10-11H2,1H3,(H,20,24)/t14-/m1/s1. The van der Waals surface area contributed by atoms with E-state index in [9.17, 15) is 9.59 Å². The van der Waals surface area contributed by atoms with Crippen LogP contribution < -0.4 is 5.32 Å².